The molecule has 9 nitrogen and oxygen atoms in total. The van der Waals surface area contributed by atoms with E-state index in [1.54, 1.807) is 18.2 Å². The van der Waals surface area contributed by atoms with Gasteiger partial charge in [-0.25, -0.2) is 9.78 Å². The minimum atomic E-state index is -0.604. The van der Waals surface area contributed by atoms with Gasteiger partial charge in [-0.1, -0.05) is 60.7 Å². The summed E-state index contributed by atoms with van der Waals surface area (Å²) in [6.45, 7) is 9.65. The van der Waals surface area contributed by atoms with Crippen LogP contribution < -0.4 is 0 Å². The zero-order chi connectivity index (χ0) is 30.6. The number of hydrogen-bond donors (Lipinski definition) is 0. The Hall–Kier alpha value is -4.14. The second-order valence-electron chi connectivity index (χ2n) is 12.6. The van der Waals surface area contributed by atoms with Gasteiger partial charge in [0.25, 0.3) is 5.91 Å². The number of piperazine rings is 1. The fourth-order valence-corrected chi connectivity index (χ4v) is 6.22. The van der Waals surface area contributed by atoms with Crippen molar-refractivity contribution in [2.75, 3.05) is 26.2 Å². The smallest absolute Gasteiger partial charge is 0.410 e. The van der Waals surface area contributed by atoms with E-state index in [0.29, 0.717) is 38.3 Å². The molecule has 2 aliphatic heterocycles. The van der Waals surface area contributed by atoms with Crippen molar-refractivity contribution in [2.45, 2.75) is 77.6 Å². The van der Waals surface area contributed by atoms with Gasteiger partial charge < -0.3 is 24.0 Å². The van der Waals surface area contributed by atoms with Crippen molar-refractivity contribution >= 4 is 17.9 Å². The number of aromatic nitrogens is 2. The van der Waals surface area contributed by atoms with Crippen LogP contribution in [-0.2, 0) is 22.5 Å². The summed E-state index contributed by atoms with van der Waals surface area (Å²) < 4.78 is 7.71. The molecule has 2 aliphatic rings. The molecule has 2 atom stereocenters. The lowest BCUT2D eigenvalue weighted by Crippen LogP contribution is -2.58. The van der Waals surface area contributed by atoms with Gasteiger partial charge in [0, 0.05) is 51.3 Å². The Morgan fingerprint density at radius 1 is 0.884 bits per heavy atom. The molecule has 0 radical (unpaired) electrons. The van der Waals surface area contributed by atoms with Gasteiger partial charge in [0.15, 0.2) is 5.69 Å². The fourth-order valence-electron chi connectivity index (χ4n) is 6.22. The highest BCUT2D eigenvalue weighted by Gasteiger charge is 2.37. The minimum absolute atomic E-state index is 0.0501. The lowest BCUT2D eigenvalue weighted by Gasteiger charge is -2.41. The number of imidazole rings is 1. The topological polar surface area (TPSA) is 88.0 Å². The summed E-state index contributed by atoms with van der Waals surface area (Å²) in [5, 5.41) is 0. The van der Waals surface area contributed by atoms with Crippen LogP contribution in [0.2, 0.25) is 0 Å². The second-order valence-corrected chi connectivity index (χ2v) is 12.6. The summed E-state index contributed by atoms with van der Waals surface area (Å²) in [6.07, 6.45) is 4.97. The number of benzene rings is 2. The van der Waals surface area contributed by atoms with Crippen LogP contribution in [0.5, 0.6) is 0 Å². The first-order chi connectivity index (χ1) is 20.6. The number of carbonyl (C=O) groups is 3. The summed E-state index contributed by atoms with van der Waals surface area (Å²) in [5.74, 6) is -0.0802. The molecular formula is C34H43N5O4. The van der Waals surface area contributed by atoms with E-state index in [-0.39, 0.29) is 30.0 Å². The zero-order valence-electron chi connectivity index (χ0n) is 25.7. The average Bonchev–Trinajstić information content (AvgIpc) is 3.40. The van der Waals surface area contributed by atoms with Crippen LogP contribution >= 0.6 is 0 Å². The third-order valence-corrected chi connectivity index (χ3v) is 8.24. The van der Waals surface area contributed by atoms with Gasteiger partial charge in [0.1, 0.15) is 5.60 Å². The highest BCUT2D eigenvalue weighted by molar-refractivity contribution is 5.98. The largest absolute Gasteiger partial charge is 0.444 e. The molecule has 3 amide bonds. The molecule has 5 rings (SSSR count). The molecule has 3 aromatic rings. The van der Waals surface area contributed by atoms with Crippen molar-refractivity contribution in [3.8, 4) is 11.3 Å². The highest BCUT2D eigenvalue weighted by Crippen LogP contribution is 2.29. The first kappa shape index (κ1) is 30.3. The Balaban J connectivity index is 1.46. The number of nitrogens with zero attached hydrogens (tertiary/aromatic N) is 5. The van der Waals surface area contributed by atoms with Gasteiger partial charge in [-0.3, -0.25) is 9.59 Å². The molecule has 3 heterocycles. The Kier molecular flexibility index (Phi) is 9.18. The Labute approximate surface area is 254 Å². The van der Waals surface area contributed by atoms with Crippen LogP contribution in [0, 0.1) is 0 Å². The van der Waals surface area contributed by atoms with Gasteiger partial charge in [0.2, 0.25) is 5.91 Å². The first-order valence-electron chi connectivity index (χ1n) is 15.3. The van der Waals surface area contributed by atoms with Gasteiger partial charge >= 0.3 is 6.09 Å². The molecule has 0 saturated carbocycles. The Morgan fingerprint density at radius 2 is 1.58 bits per heavy atom. The van der Waals surface area contributed by atoms with E-state index in [4.69, 9.17) is 9.72 Å². The summed E-state index contributed by atoms with van der Waals surface area (Å²) in [7, 11) is 0. The number of likely N-dealkylation sites (tertiary alicyclic amines) is 1. The van der Waals surface area contributed by atoms with Crippen LogP contribution in [0.15, 0.2) is 67.0 Å². The number of piperidine rings is 1. The molecule has 0 bridgehead atoms. The third-order valence-electron chi connectivity index (χ3n) is 8.24. The van der Waals surface area contributed by atoms with Gasteiger partial charge in [0.05, 0.1) is 18.1 Å². The molecule has 0 aliphatic carbocycles. The van der Waals surface area contributed by atoms with Crippen LogP contribution in [0.4, 0.5) is 4.79 Å². The number of ether oxygens (including phenoxy) is 1. The van der Waals surface area contributed by atoms with Crippen molar-refractivity contribution in [3.63, 3.8) is 0 Å². The van der Waals surface area contributed by atoms with Crippen molar-refractivity contribution in [1.29, 1.82) is 0 Å². The molecule has 43 heavy (non-hydrogen) atoms. The monoisotopic (exact) mass is 585 g/mol. The van der Waals surface area contributed by atoms with Crippen LogP contribution in [0.1, 0.15) is 63.0 Å². The van der Waals surface area contributed by atoms with Crippen LogP contribution in [0.3, 0.4) is 0 Å². The molecule has 228 valence electrons. The van der Waals surface area contributed by atoms with E-state index in [1.807, 2.05) is 95.8 Å². The molecule has 2 fully saturated rings. The second kappa shape index (κ2) is 13.0. The minimum Gasteiger partial charge on any atom is -0.444 e. The van der Waals surface area contributed by atoms with E-state index in [2.05, 4.69) is 0 Å². The van der Waals surface area contributed by atoms with Crippen LogP contribution in [-0.4, -0.2) is 86.0 Å². The number of hydrogen-bond acceptors (Lipinski definition) is 5. The molecule has 0 spiro atoms. The van der Waals surface area contributed by atoms with Gasteiger partial charge in [-0.15, -0.1) is 0 Å². The molecule has 1 aromatic heterocycles. The molecule has 0 N–H and O–H groups in total. The predicted octanol–water partition coefficient (Wildman–Crippen LogP) is 5.26. The number of carbonyl (C=O) groups excluding carboxylic acids is 3. The quantitative estimate of drug-likeness (QED) is 0.394. The maximum Gasteiger partial charge on any atom is 0.410 e. The summed E-state index contributed by atoms with van der Waals surface area (Å²) in [5.41, 5.74) is 2.53. The lowest BCUT2D eigenvalue weighted by molar-refractivity contribution is -0.132. The highest BCUT2D eigenvalue weighted by atomic mass is 16.6. The molecule has 9 heteroatoms. The average molecular weight is 586 g/mol. The van der Waals surface area contributed by atoms with Crippen molar-refractivity contribution < 1.29 is 19.1 Å². The normalized spacial score (nSPS) is 19.3. The van der Waals surface area contributed by atoms with E-state index >= 15 is 0 Å². The molecular weight excluding hydrogens is 542 g/mol. The van der Waals surface area contributed by atoms with Crippen molar-refractivity contribution in [1.82, 2.24) is 24.3 Å². The lowest BCUT2D eigenvalue weighted by atomic mass is 10.0. The van der Waals surface area contributed by atoms with Crippen LogP contribution in [0.25, 0.3) is 11.3 Å². The standard InChI is InChI=1S/C34H43N5O4/c1-25(40)38-18-12-11-17-28(38)22-37-24-35-30(31(37)27-15-9-6-10-16-27)32(41)39-20-19-36(33(42)43-34(2,3)4)23-29(39)21-26-13-7-5-8-14-26/h5-10,13-16,24,28-29H,11-12,17-23H2,1-4H3/t28?,29-/m1/s1. The van der Waals surface area contributed by atoms with Crippen molar-refractivity contribution in [2.24, 2.45) is 0 Å². The molecule has 2 aromatic carbocycles. The maximum atomic E-state index is 14.4. The maximum absolute atomic E-state index is 14.4. The predicted molar refractivity (Wildman–Crippen MR) is 165 cm³/mol. The Bertz CT molecular complexity index is 1420. The van der Waals surface area contributed by atoms with Gasteiger partial charge in [-0.05, 0) is 52.0 Å². The number of rotatable bonds is 6. The Morgan fingerprint density at radius 3 is 2.26 bits per heavy atom. The van der Waals surface area contributed by atoms with E-state index in [9.17, 15) is 14.4 Å². The van der Waals surface area contributed by atoms with Gasteiger partial charge in [-0.2, -0.15) is 0 Å². The SMILES string of the molecule is CC(=O)N1CCCCC1Cn1cnc(C(=O)N2CCN(C(=O)OC(C)(C)C)C[C@H]2Cc2ccccc2)c1-c1ccccc1. The van der Waals surface area contributed by atoms with Crippen molar-refractivity contribution in [3.05, 3.63) is 78.2 Å². The van der Waals surface area contributed by atoms with E-state index in [1.165, 1.54) is 0 Å². The summed E-state index contributed by atoms with van der Waals surface area (Å²) >= 11 is 0. The first-order valence-corrected chi connectivity index (χ1v) is 15.3. The summed E-state index contributed by atoms with van der Waals surface area (Å²) in [4.78, 5) is 50.1. The zero-order valence-corrected chi connectivity index (χ0v) is 25.7. The number of amides is 3. The molecule has 1 unspecified atom stereocenters. The van der Waals surface area contributed by atoms with E-state index < -0.39 is 5.60 Å². The molecule has 2 saturated heterocycles. The third kappa shape index (κ3) is 7.27. The van der Waals surface area contributed by atoms with E-state index in [0.717, 1.165) is 42.6 Å². The fraction of sp³-hybridized carbons (Fsp3) is 0.471. The summed E-state index contributed by atoms with van der Waals surface area (Å²) in [6, 6.07) is 19.7.